The average Bonchev–Trinajstić information content (AvgIpc) is 3.43. The van der Waals surface area contributed by atoms with Crippen LogP contribution in [0, 0.1) is 0 Å². The molecule has 1 aromatic carbocycles. The van der Waals surface area contributed by atoms with Crippen molar-refractivity contribution in [3.63, 3.8) is 0 Å². The number of urea groups is 1. The van der Waals surface area contributed by atoms with Crippen LogP contribution in [0.5, 0.6) is 0 Å². The molecule has 11 heteroatoms. The minimum Gasteiger partial charge on any atom is -0.352 e. The molecule has 1 fully saturated rings. The lowest BCUT2D eigenvalue weighted by Crippen LogP contribution is -2.49. The number of hydrogen-bond donors (Lipinski definition) is 2. The van der Waals surface area contributed by atoms with E-state index in [0.29, 0.717) is 50.5 Å². The van der Waals surface area contributed by atoms with Crippen LogP contribution < -0.4 is 10.2 Å². The first-order valence-electron chi connectivity index (χ1n) is 11.9. The van der Waals surface area contributed by atoms with Gasteiger partial charge in [-0.15, -0.1) is 0 Å². The van der Waals surface area contributed by atoms with Crippen LogP contribution in [-0.2, 0) is 13.0 Å². The maximum absolute atomic E-state index is 13.1. The van der Waals surface area contributed by atoms with Gasteiger partial charge in [-0.3, -0.25) is 14.9 Å². The van der Waals surface area contributed by atoms with Crippen LogP contribution in [0.1, 0.15) is 21.5 Å². The van der Waals surface area contributed by atoms with Crippen LogP contribution >= 0.6 is 0 Å². The molecule has 6 rings (SSSR count). The van der Waals surface area contributed by atoms with Gasteiger partial charge in [-0.2, -0.15) is 5.10 Å². The van der Waals surface area contributed by atoms with Gasteiger partial charge >= 0.3 is 6.03 Å². The zero-order valence-corrected chi connectivity index (χ0v) is 19.6. The first-order valence-corrected chi connectivity index (χ1v) is 11.9. The molecule has 1 saturated heterocycles. The highest BCUT2D eigenvalue weighted by Crippen LogP contribution is 2.25. The second-order valence-corrected chi connectivity index (χ2v) is 8.92. The Balaban J connectivity index is 1.09. The minimum atomic E-state index is -0.199. The van der Waals surface area contributed by atoms with E-state index in [1.165, 1.54) is 5.56 Å². The van der Waals surface area contributed by atoms with Gasteiger partial charge in [0.15, 0.2) is 5.65 Å². The second kappa shape index (κ2) is 9.25. The summed E-state index contributed by atoms with van der Waals surface area (Å²) in [4.78, 5) is 44.7. The summed E-state index contributed by atoms with van der Waals surface area (Å²) in [6, 6.07) is 6.92. The van der Waals surface area contributed by atoms with Crippen molar-refractivity contribution in [2.45, 2.75) is 13.0 Å². The number of aromatic amines is 1. The van der Waals surface area contributed by atoms with E-state index in [2.05, 4.69) is 35.4 Å². The Bertz CT molecular complexity index is 1410. The van der Waals surface area contributed by atoms with Crippen molar-refractivity contribution in [3.05, 3.63) is 71.9 Å². The van der Waals surface area contributed by atoms with Crippen molar-refractivity contribution in [2.75, 3.05) is 42.9 Å². The van der Waals surface area contributed by atoms with Crippen LogP contribution in [0.4, 0.5) is 16.3 Å². The number of H-pyrrole nitrogens is 1. The first-order chi connectivity index (χ1) is 17.7. The summed E-state index contributed by atoms with van der Waals surface area (Å²) in [5.41, 5.74) is 4.12. The molecule has 3 aromatic heterocycles. The first kappa shape index (κ1) is 22.0. The molecule has 2 aliphatic rings. The number of nitrogens with zero attached hydrogens (tertiary/aromatic N) is 7. The van der Waals surface area contributed by atoms with Crippen molar-refractivity contribution < 1.29 is 9.59 Å². The molecule has 182 valence electrons. The predicted molar refractivity (Wildman–Crippen MR) is 134 cm³/mol. The Morgan fingerprint density at radius 3 is 2.67 bits per heavy atom. The molecular weight excluding hydrogens is 458 g/mol. The smallest absolute Gasteiger partial charge is 0.322 e. The normalized spacial score (nSPS) is 15.6. The van der Waals surface area contributed by atoms with E-state index in [0.717, 1.165) is 28.8 Å². The molecule has 3 amide bonds. The fourth-order valence-electron chi connectivity index (χ4n) is 4.84. The number of carbonyl (C=O) groups excluding carboxylic acids is 2. The highest BCUT2D eigenvalue weighted by atomic mass is 16.2. The zero-order chi connectivity index (χ0) is 24.5. The van der Waals surface area contributed by atoms with Crippen molar-refractivity contribution in [3.8, 4) is 0 Å². The monoisotopic (exact) mass is 483 g/mol. The van der Waals surface area contributed by atoms with Crippen molar-refractivity contribution in [1.29, 1.82) is 0 Å². The van der Waals surface area contributed by atoms with Crippen LogP contribution in [0.25, 0.3) is 11.0 Å². The number of amides is 3. The maximum atomic E-state index is 13.1. The van der Waals surface area contributed by atoms with Gasteiger partial charge in [-0.05, 0) is 35.7 Å². The van der Waals surface area contributed by atoms with Crippen molar-refractivity contribution in [1.82, 2.24) is 34.9 Å². The molecule has 0 spiro atoms. The molecule has 0 unspecified atom stereocenters. The Morgan fingerprint density at radius 1 is 0.944 bits per heavy atom. The number of rotatable bonds is 3. The number of fused-ring (bicyclic) bond motifs is 3. The van der Waals surface area contributed by atoms with E-state index in [-0.39, 0.29) is 11.9 Å². The number of aromatic nitrogens is 5. The summed E-state index contributed by atoms with van der Waals surface area (Å²) >= 11 is 0. The van der Waals surface area contributed by atoms with Gasteiger partial charge in [0.2, 0.25) is 0 Å². The van der Waals surface area contributed by atoms with E-state index < -0.39 is 0 Å². The SMILES string of the molecule is O=C(Nc1cccc(C(=O)N2CCN(c3cnccn3)CC2)c1)N1CCc2c(cnc3[nH]ncc23)C1. The second-order valence-electron chi connectivity index (χ2n) is 8.92. The lowest BCUT2D eigenvalue weighted by molar-refractivity contribution is 0.0746. The molecule has 11 nitrogen and oxygen atoms in total. The highest BCUT2D eigenvalue weighted by Gasteiger charge is 2.25. The van der Waals surface area contributed by atoms with Crippen molar-refractivity contribution >= 4 is 34.5 Å². The number of hydrogen-bond acceptors (Lipinski definition) is 7. The Labute approximate surface area is 207 Å². The van der Waals surface area contributed by atoms with Crippen LogP contribution in [-0.4, -0.2) is 79.6 Å². The van der Waals surface area contributed by atoms with E-state index in [1.807, 2.05) is 4.90 Å². The molecule has 5 heterocycles. The summed E-state index contributed by atoms with van der Waals surface area (Å²) in [7, 11) is 0. The maximum Gasteiger partial charge on any atom is 0.322 e. The van der Waals surface area contributed by atoms with Crippen molar-refractivity contribution in [2.24, 2.45) is 0 Å². The summed E-state index contributed by atoms with van der Waals surface area (Å²) in [5.74, 6) is 0.770. The lowest BCUT2D eigenvalue weighted by Gasteiger charge is -2.35. The standard InChI is InChI=1S/C25H25N9O2/c35-24(33-10-8-32(9-11-33)22-15-26-5-6-27-22)17-2-1-3-19(12-17)30-25(36)34-7-4-20-18(16-34)13-28-23-21(20)14-29-31-23/h1-3,5-6,12-15H,4,7-11,16H2,(H,30,36)(H,28,29,31). The third-order valence-corrected chi connectivity index (χ3v) is 6.76. The highest BCUT2D eigenvalue weighted by molar-refractivity contribution is 5.97. The summed E-state index contributed by atoms with van der Waals surface area (Å²) in [6.07, 6.45) is 9.38. The van der Waals surface area contributed by atoms with E-state index in [1.54, 1.807) is 60.1 Å². The Hall–Kier alpha value is -4.54. The fourth-order valence-corrected chi connectivity index (χ4v) is 4.84. The molecule has 0 atom stereocenters. The minimum absolute atomic E-state index is 0.0491. The molecule has 2 aliphatic heterocycles. The number of pyridine rings is 1. The molecule has 0 bridgehead atoms. The lowest BCUT2D eigenvalue weighted by atomic mass is 9.99. The third kappa shape index (κ3) is 4.19. The van der Waals surface area contributed by atoms with Gasteiger partial charge in [0, 0.05) is 74.5 Å². The predicted octanol–water partition coefficient (Wildman–Crippen LogP) is 2.30. The number of anilines is 2. The van der Waals surface area contributed by atoms with Gasteiger partial charge in [0.25, 0.3) is 5.91 Å². The topological polar surface area (TPSA) is 123 Å². The fraction of sp³-hybridized carbons (Fsp3) is 0.280. The van der Waals surface area contributed by atoms with Gasteiger partial charge in [0.05, 0.1) is 12.4 Å². The number of benzene rings is 1. The van der Waals surface area contributed by atoms with E-state index in [4.69, 9.17) is 0 Å². The average molecular weight is 484 g/mol. The van der Waals surface area contributed by atoms with Crippen LogP contribution in [0.15, 0.2) is 55.2 Å². The van der Waals surface area contributed by atoms with Crippen LogP contribution in [0.2, 0.25) is 0 Å². The van der Waals surface area contributed by atoms with Gasteiger partial charge in [-0.25, -0.2) is 14.8 Å². The van der Waals surface area contributed by atoms with Gasteiger partial charge in [0.1, 0.15) is 5.82 Å². The molecule has 2 N–H and O–H groups in total. The molecule has 0 aliphatic carbocycles. The molecule has 36 heavy (non-hydrogen) atoms. The Morgan fingerprint density at radius 2 is 1.83 bits per heavy atom. The molecule has 4 aromatic rings. The summed E-state index contributed by atoms with van der Waals surface area (Å²) in [6.45, 7) is 3.64. The number of carbonyl (C=O) groups is 2. The number of piperazine rings is 1. The van der Waals surface area contributed by atoms with E-state index >= 15 is 0 Å². The third-order valence-electron chi connectivity index (χ3n) is 6.76. The Kier molecular flexibility index (Phi) is 5.64. The largest absolute Gasteiger partial charge is 0.352 e. The molecule has 0 saturated carbocycles. The van der Waals surface area contributed by atoms with Gasteiger partial charge in [-0.1, -0.05) is 6.07 Å². The zero-order valence-electron chi connectivity index (χ0n) is 19.6. The number of nitrogens with one attached hydrogen (secondary N) is 2. The summed E-state index contributed by atoms with van der Waals surface area (Å²) < 4.78 is 0. The molecule has 0 radical (unpaired) electrons. The quantitative estimate of drug-likeness (QED) is 0.458. The summed E-state index contributed by atoms with van der Waals surface area (Å²) in [5, 5.41) is 10.9. The van der Waals surface area contributed by atoms with Crippen LogP contribution in [0.3, 0.4) is 0 Å². The molecular formula is C25H25N9O2. The van der Waals surface area contributed by atoms with Gasteiger partial charge < -0.3 is 20.0 Å². The van der Waals surface area contributed by atoms with E-state index in [9.17, 15) is 9.59 Å².